The van der Waals surface area contributed by atoms with Gasteiger partial charge in [0.05, 0.1) is 31.0 Å². The molecule has 5 heteroatoms. The Hall–Kier alpha value is -0.200. The van der Waals surface area contributed by atoms with E-state index >= 15 is 0 Å². The molecular weight excluding hydrogens is 198 g/mol. The van der Waals surface area contributed by atoms with Gasteiger partial charge in [0, 0.05) is 19.6 Å². The zero-order chi connectivity index (χ0) is 11.4. The number of likely N-dealkylation sites (tertiary alicyclic amines) is 1. The minimum atomic E-state index is -0.691. The molecule has 3 unspecified atom stereocenters. The highest BCUT2D eigenvalue weighted by molar-refractivity contribution is 4.84. The molecule has 1 fully saturated rings. The van der Waals surface area contributed by atoms with E-state index in [0.717, 1.165) is 0 Å². The van der Waals surface area contributed by atoms with Crippen molar-refractivity contribution in [2.45, 2.75) is 38.3 Å². The summed E-state index contributed by atoms with van der Waals surface area (Å²) in [4.78, 5) is 1.84. The van der Waals surface area contributed by atoms with E-state index in [9.17, 15) is 15.3 Å². The fourth-order valence-electron chi connectivity index (χ4n) is 1.65. The molecule has 0 aromatic carbocycles. The summed E-state index contributed by atoms with van der Waals surface area (Å²) in [6.45, 7) is 5.38. The third-order valence-electron chi connectivity index (χ3n) is 2.43. The quantitative estimate of drug-likeness (QED) is 0.542. The zero-order valence-electron chi connectivity index (χ0n) is 9.33. The summed E-state index contributed by atoms with van der Waals surface area (Å²) in [6.07, 6.45) is -1.84. The number of nitrogens with zero attached hydrogens (tertiary/aromatic N) is 1. The molecule has 1 rings (SSSR count). The van der Waals surface area contributed by atoms with Crippen LogP contribution in [-0.4, -0.2) is 70.9 Å². The molecule has 0 aliphatic carbocycles. The number of aliphatic hydroxyl groups excluding tert-OH is 3. The highest BCUT2D eigenvalue weighted by atomic mass is 16.5. The van der Waals surface area contributed by atoms with E-state index in [2.05, 4.69) is 0 Å². The average Bonchev–Trinajstić information content (AvgIpc) is 2.42. The van der Waals surface area contributed by atoms with Crippen LogP contribution < -0.4 is 0 Å². The number of hydrogen-bond donors (Lipinski definition) is 3. The van der Waals surface area contributed by atoms with E-state index in [1.807, 2.05) is 18.7 Å². The number of hydrogen-bond acceptors (Lipinski definition) is 5. The second-order valence-electron chi connectivity index (χ2n) is 4.39. The molecule has 0 radical (unpaired) electrons. The summed E-state index contributed by atoms with van der Waals surface area (Å²) in [5, 5.41) is 28.2. The van der Waals surface area contributed by atoms with Crippen LogP contribution in [0.2, 0.25) is 0 Å². The first-order chi connectivity index (χ1) is 6.99. The Morgan fingerprint density at radius 2 is 1.80 bits per heavy atom. The van der Waals surface area contributed by atoms with Crippen molar-refractivity contribution in [3.05, 3.63) is 0 Å². The van der Waals surface area contributed by atoms with E-state index in [4.69, 9.17) is 4.74 Å². The number of β-amino-alcohol motifs (C(OH)–C–C–N with tert-alkyl or cyclic N) is 3. The second kappa shape index (κ2) is 5.77. The smallest absolute Gasteiger partial charge is 0.0938 e. The first kappa shape index (κ1) is 12.9. The summed E-state index contributed by atoms with van der Waals surface area (Å²) in [5.74, 6) is 0. The Labute approximate surface area is 90.3 Å². The second-order valence-corrected chi connectivity index (χ2v) is 4.39. The Bertz CT molecular complexity index is 178. The summed E-state index contributed by atoms with van der Waals surface area (Å²) in [6, 6.07) is 0. The van der Waals surface area contributed by atoms with Crippen LogP contribution in [0.5, 0.6) is 0 Å². The molecule has 1 saturated heterocycles. The lowest BCUT2D eigenvalue weighted by Crippen LogP contribution is -2.34. The standard InChI is InChI=1S/C10H21NO4/c1-7(2)15-6-8(12)3-11-4-9(13)10(14)5-11/h7-10,12-14H,3-6H2,1-2H3. The van der Waals surface area contributed by atoms with Crippen LogP contribution in [0.1, 0.15) is 13.8 Å². The van der Waals surface area contributed by atoms with Crippen LogP contribution in [0.25, 0.3) is 0 Å². The molecule has 1 aliphatic heterocycles. The van der Waals surface area contributed by atoms with Crippen molar-refractivity contribution in [3.63, 3.8) is 0 Å². The van der Waals surface area contributed by atoms with E-state index in [1.165, 1.54) is 0 Å². The highest BCUT2D eigenvalue weighted by Gasteiger charge is 2.30. The Balaban J connectivity index is 2.18. The van der Waals surface area contributed by atoms with Gasteiger partial charge < -0.3 is 20.1 Å². The zero-order valence-corrected chi connectivity index (χ0v) is 9.33. The van der Waals surface area contributed by atoms with E-state index in [-0.39, 0.29) is 6.10 Å². The van der Waals surface area contributed by atoms with Gasteiger partial charge >= 0.3 is 0 Å². The number of rotatable bonds is 5. The lowest BCUT2D eigenvalue weighted by atomic mass is 10.3. The maximum Gasteiger partial charge on any atom is 0.0938 e. The molecule has 90 valence electrons. The van der Waals surface area contributed by atoms with E-state index in [1.54, 1.807) is 0 Å². The molecule has 0 saturated carbocycles. The van der Waals surface area contributed by atoms with Crippen molar-refractivity contribution >= 4 is 0 Å². The summed E-state index contributed by atoms with van der Waals surface area (Å²) >= 11 is 0. The van der Waals surface area contributed by atoms with Crippen molar-refractivity contribution in [1.82, 2.24) is 4.90 Å². The number of aliphatic hydroxyl groups is 3. The van der Waals surface area contributed by atoms with E-state index in [0.29, 0.717) is 26.2 Å². The topological polar surface area (TPSA) is 73.2 Å². The van der Waals surface area contributed by atoms with Gasteiger partial charge in [-0.15, -0.1) is 0 Å². The van der Waals surface area contributed by atoms with E-state index < -0.39 is 18.3 Å². The Morgan fingerprint density at radius 3 is 2.27 bits per heavy atom. The molecule has 0 amide bonds. The molecule has 1 aliphatic rings. The van der Waals surface area contributed by atoms with Gasteiger partial charge in [-0.3, -0.25) is 4.90 Å². The Morgan fingerprint density at radius 1 is 1.27 bits per heavy atom. The molecule has 1 heterocycles. The third kappa shape index (κ3) is 4.44. The molecule has 3 N–H and O–H groups in total. The summed E-state index contributed by atoms with van der Waals surface area (Å²) < 4.78 is 5.27. The normalized spacial score (nSPS) is 30.0. The van der Waals surface area contributed by atoms with Crippen molar-refractivity contribution in [2.24, 2.45) is 0 Å². The molecule has 0 aromatic rings. The first-order valence-electron chi connectivity index (χ1n) is 5.37. The summed E-state index contributed by atoms with van der Waals surface area (Å²) in [5.41, 5.74) is 0. The SMILES string of the molecule is CC(C)OCC(O)CN1CC(O)C(O)C1. The molecule has 3 atom stereocenters. The van der Waals surface area contributed by atoms with Crippen molar-refractivity contribution in [2.75, 3.05) is 26.2 Å². The fourth-order valence-corrected chi connectivity index (χ4v) is 1.65. The fraction of sp³-hybridized carbons (Fsp3) is 1.00. The first-order valence-corrected chi connectivity index (χ1v) is 5.37. The molecule has 0 spiro atoms. The number of ether oxygens (including phenoxy) is 1. The van der Waals surface area contributed by atoms with Gasteiger partial charge in [-0.2, -0.15) is 0 Å². The third-order valence-corrected chi connectivity index (χ3v) is 2.43. The van der Waals surface area contributed by atoms with Gasteiger partial charge in [0.15, 0.2) is 0 Å². The van der Waals surface area contributed by atoms with Gasteiger partial charge in [0.1, 0.15) is 0 Å². The Kier molecular flexibility index (Phi) is 4.95. The average molecular weight is 219 g/mol. The van der Waals surface area contributed by atoms with Gasteiger partial charge in [0.25, 0.3) is 0 Å². The maximum absolute atomic E-state index is 9.60. The van der Waals surface area contributed by atoms with Crippen LogP contribution in [0, 0.1) is 0 Å². The maximum atomic E-state index is 9.60. The summed E-state index contributed by atoms with van der Waals surface area (Å²) in [7, 11) is 0. The lowest BCUT2D eigenvalue weighted by Gasteiger charge is -2.20. The van der Waals surface area contributed by atoms with Crippen LogP contribution >= 0.6 is 0 Å². The molecule has 15 heavy (non-hydrogen) atoms. The molecule has 0 bridgehead atoms. The largest absolute Gasteiger partial charge is 0.389 e. The lowest BCUT2D eigenvalue weighted by molar-refractivity contribution is -0.00722. The van der Waals surface area contributed by atoms with Crippen LogP contribution in [0.15, 0.2) is 0 Å². The predicted molar refractivity (Wildman–Crippen MR) is 55.5 cm³/mol. The molecule has 0 aromatic heterocycles. The molecule has 5 nitrogen and oxygen atoms in total. The molecular formula is C10H21NO4. The van der Waals surface area contributed by atoms with Gasteiger partial charge in [0.2, 0.25) is 0 Å². The van der Waals surface area contributed by atoms with Crippen molar-refractivity contribution < 1.29 is 20.1 Å². The predicted octanol–water partition coefficient (Wildman–Crippen LogP) is -1.19. The van der Waals surface area contributed by atoms with Crippen molar-refractivity contribution in [1.29, 1.82) is 0 Å². The van der Waals surface area contributed by atoms with Crippen molar-refractivity contribution in [3.8, 4) is 0 Å². The van der Waals surface area contributed by atoms with Crippen LogP contribution in [0.4, 0.5) is 0 Å². The minimum absolute atomic E-state index is 0.106. The van der Waals surface area contributed by atoms with Gasteiger partial charge in [-0.1, -0.05) is 0 Å². The minimum Gasteiger partial charge on any atom is -0.389 e. The van der Waals surface area contributed by atoms with Crippen LogP contribution in [0.3, 0.4) is 0 Å². The van der Waals surface area contributed by atoms with Gasteiger partial charge in [-0.05, 0) is 13.8 Å². The van der Waals surface area contributed by atoms with Crippen LogP contribution in [-0.2, 0) is 4.74 Å². The monoisotopic (exact) mass is 219 g/mol. The highest BCUT2D eigenvalue weighted by Crippen LogP contribution is 2.10. The van der Waals surface area contributed by atoms with Gasteiger partial charge in [-0.25, -0.2) is 0 Å².